The molecule has 2 atom stereocenters. The third kappa shape index (κ3) is 3.99. The summed E-state index contributed by atoms with van der Waals surface area (Å²) in [5, 5.41) is 21.3. The number of aliphatic hydroxyl groups excluding tert-OH is 2. The van der Waals surface area contributed by atoms with Crippen LogP contribution in [0.25, 0.3) is 5.76 Å². The molecule has 1 saturated heterocycles. The number of hydrogen-bond donors (Lipinski definition) is 2. The molecule has 1 aliphatic rings. The summed E-state index contributed by atoms with van der Waals surface area (Å²) in [5.41, 5.74) is 0.804. The molecular formula is C22H22ClNO6. The van der Waals surface area contributed by atoms with E-state index >= 15 is 0 Å². The Hall–Kier alpha value is -3.03. The number of carbonyl (C=O) groups excluding carboxylic acids is 2. The number of ketones is 1. The number of Topliss-reactive ketones (excluding diaryl/α,β-unsaturated/α-hetero) is 1. The van der Waals surface area contributed by atoms with Gasteiger partial charge in [-0.25, -0.2) is 0 Å². The van der Waals surface area contributed by atoms with E-state index in [0.717, 1.165) is 0 Å². The predicted octanol–water partition coefficient (Wildman–Crippen LogP) is 3.16. The van der Waals surface area contributed by atoms with Crippen LogP contribution in [0, 0.1) is 0 Å². The van der Waals surface area contributed by atoms with Crippen LogP contribution in [0.1, 0.15) is 24.1 Å². The molecule has 0 saturated carbocycles. The second-order valence-corrected chi connectivity index (χ2v) is 7.36. The Bertz CT molecular complexity index is 999. The summed E-state index contributed by atoms with van der Waals surface area (Å²) in [6.07, 6.45) is -0.874. The second kappa shape index (κ2) is 8.77. The number of rotatable bonds is 6. The number of β-amino-alcohol motifs (C(OH)–C–C–N with tert-alkyl or cyclic N) is 1. The van der Waals surface area contributed by atoms with Crippen molar-refractivity contribution < 1.29 is 29.3 Å². The summed E-state index contributed by atoms with van der Waals surface area (Å²) in [6.45, 7) is 1.44. The van der Waals surface area contributed by atoms with E-state index in [9.17, 15) is 19.8 Å². The van der Waals surface area contributed by atoms with Gasteiger partial charge in [0, 0.05) is 17.1 Å². The van der Waals surface area contributed by atoms with Crippen molar-refractivity contribution >= 4 is 29.1 Å². The summed E-state index contributed by atoms with van der Waals surface area (Å²) in [7, 11) is 2.97. The van der Waals surface area contributed by atoms with Gasteiger partial charge >= 0.3 is 0 Å². The van der Waals surface area contributed by atoms with Crippen molar-refractivity contribution in [1.82, 2.24) is 4.90 Å². The molecule has 2 unspecified atom stereocenters. The van der Waals surface area contributed by atoms with Gasteiger partial charge in [0.05, 0.1) is 31.9 Å². The Morgan fingerprint density at radius 1 is 1.10 bits per heavy atom. The van der Waals surface area contributed by atoms with E-state index in [1.807, 2.05) is 0 Å². The third-order valence-electron chi connectivity index (χ3n) is 4.84. The fourth-order valence-corrected chi connectivity index (χ4v) is 3.61. The summed E-state index contributed by atoms with van der Waals surface area (Å²) in [5.74, 6) is -1.07. The van der Waals surface area contributed by atoms with Gasteiger partial charge in [0.2, 0.25) is 0 Å². The largest absolute Gasteiger partial charge is 0.507 e. The lowest BCUT2D eigenvalue weighted by molar-refractivity contribution is -0.140. The lowest BCUT2D eigenvalue weighted by Gasteiger charge is -2.27. The minimum atomic E-state index is -0.907. The Morgan fingerprint density at radius 3 is 2.30 bits per heavy atom. The maximum atomic E-state index is 12.9. The van der Waals surface area contributed by atoms with Gasteiger partial charge in [0.25, 0.3) is 11.7 Å². The van der Waals surface area contributed by atoms with Crippen LogP contribution >= 0.6 is 11.6 Å². The number of amides is 1. The molecule has 1 fully saturated rings. The monoisotopic (exact) mass is 431 g/mol. The van der Waals surface area contributed by atoms with Gasteiger partial charge in [-0.15, -0.1) is 0 Å². The van der Waals surface area contributed by atoms with Gasteiger partial charge < -0.3 is 24.6 Å². The number of nitrogens with zero attached hydrogens (tertiary/aromatic N) is 1. The van der Waals surface area contributed by atoms with E-state index in [0.29, 0.717) is 27.6 Å². The van der Waals surface area contributed by atoms with Crippen molar-refractivity contribution in [2.45, 2.75) is 19.1 Å². The number of aliphatic hydroxyl groups is 2. The van der Waals surface area contributed by atoms with Crippen LogP contribution in [0.4, 0.5) is 0 Å². The lowest BCUT2D eigenvalue weighted by Crippen LogP contribution is -2.35. The first kappa shape index (κ1) is 21.7. The van der Waals surface area contributed by atoms with Gasteiger partial charge in [-0.1, -0.05) is 17.7 Å². The highest BCUT2D eigenvalue weighted by molar-refractivity contribution is 6.46. The first-order valence-corrected chi connectivity index (χ1v) is 9.60. The molecule has 7 nitrogen and oxygen atoms in total. The molecule has 0 aromatic heterocycles. The van der Waals surface area contributed by atoms with Crippen molar-refractivity contribution in [3.8, 4) is 11.5 Å². The van der Waals surface area contributed by atoms with E-state index in [1.54, 1.807) is 42.5 Å². The van der Waals surface area contributed by atoms with E-state index in [1.165, 1.54) is 26.0 Å². The molecular weight excluding hydrogens is 410 g/mol. The molecule has 0 aliphatic carbocycles. The number of ether oxygens (including phenoxy) is 2. The molecule has 2 aromatic rings. The molecule has 3 rings (SSSR count). The second-order valence-electron chi connectivity index (χ2n) is 6.92. The molecule has 1 heterocycles. The van der Waals surface area contributed by atoms with Gasteiger partial charge in [-0.3, -0.25) is 9.59 Å². The molecule has 0 bridgehead atoms. The molecule has 30 heavy (non-hydrogen) atoms. The molecule has 0 spiro atoms. The Labute approximate surface area is 179 Å². The topological polar surface area (TPSA) is 96.3 Å². The SMILES string of the molecule is COc1ccc(C2/C(=C(/O)c3ccc(Cl)cc3)C(=O)C(=O)N2CC(C)O)cc1OC. The van der Waals surface area contributed by atoms with E-state index < -0.39 is 23.8 Å². The average Bonchev–Trinajstić information content (AvgIpc) is 2.97. The first-order chi connectivity index (χ1) is 14.3. The van der Waals surface area contributed by atoms with Crippen LogP contribution < -0.4 is 9.47 Å². The number of methoxy groups -OCH3 is 2. The summed E-state index contributed by atoms with van der Waals surface area (Å²) < 4.78 is 10.6. The third-order valence-corrected chi connectivity index (χ3v) is 5.09. The highest BCUT2D eigenvalue weighted by atomic mass is 35.5. The van der Waals surface area contributed by atoms with Gasteiger partial charge in [0.1, 0.15) is 5.76 Å². The number of benzene rings is 2. The van der Waals surface area contributed by atoms with Gasteiger partial charge in [-0.05, 0) is 48.9 Å². The summed E-state index contributed by atoms with van der Waals surface area (Å²) in [4.78, 5) is 26.9. The summed E-state index contributed by atoms with van der Waals surface area (Å²) in [6, 6.07) is 10.3. The number of likely N-dealkylation sites (tertiary alicyclic amines) is 1. The normalized spacial score (nSPS) is 19.1. The molecule has 1 amide bonds. The first-order valence-electron chi connectivity index (χ1n) is 9.22. The van der Waals surface area contributed by atoms with Crippen molar-refractivity contribution in [3.63, 3.8) is 0 Å². The number of hydrogen-bond acceptors (Lipinski definition) is 6. The van der Waals surface area contributed by atoms with E-state index in [2.05, 4.69) is 0 Å². The predicted molar refractivity (Wildman–Crippen MR) is 112 cm³/mol. The zero-order valence-electron chi connectivity index (χ0n) is 16.8. The van der Waals surface area contributed by atoms with Crippen LogP contribution in [0.5, 0.6) is 11.5 Å². The standard InChI is InChI=1S/C22H22ClNO6/c1-12(25)11-24-19(14-6-9-16(29-2)17(10-14)30-3)18(21(27)22(24)28)20(26)13-4-7-15(23)8-5-13/h4-10,12,19,25-26H,11H2,1-3H3/b20-18-. The maximum absolute atomic E-state index is 12.9. The van der Waals surface area contributed by atoms with E-state index in [-0.39, 0.29) is 17.9 Å². The maximum Gasteiger partial charge on any atom is 0.295 e. The van der Waals surface area contributed by atoms with Crippen molar-refractivity contribution in [3.05, 3.63) is 64.2 Å². The average molecular weight is 432 g/mol. The highest BCUT2D eigenvalue weighted by Crippen LogP contribution is 2.42. The van der Waals surface area contributed by atoms with Gasteiger partial charge in [-0.2, -0.15) is 0 Å². The number of carbonyl (C=O) groups is 2. The van der Waals surface area contributed by atoms with E-state index in [4.69, 9.17) is 21.1 Å². The van der Waals surface area contributed by atoms with Crippen molar-refractivity contribution in [2.75, 3.05) is 20.8 Å². The van der Waals surface area contributed by atoms with Crippen LogP contribution in [-0.4, -0.2) is 53.7 Å². The van der Waals surface area contributed by atoms with Crippen LogP contribution in [0.3, 0.4) is 0 Å². The van der Waals surface area contributed by atoms with Crippen LogP contribution in [-0.2, 0) is 9.59 Å². The fraction of sp³-hybridized carbons (Fsp3) is 0.273. The molecule has 1 aliphatic heterocycles. The minimum absolute atomic E-state index is 0.0739. The fourth-order valence-electron chi connectivity index (χ4n) is 3.49. The van der Waals surface area contributed by atoms with Crippen molar-refractivity contribution in [1.29, 1.82) is 0 Å². The molecule has 158 valence electrons. The van der Waals surface area contributed by atoms with Crippen LogP contribution in [0.2, 0.25) is 5.02 Å². The molecule has 2 aromatic carbocycles. The molecule has 8 heteroatoms. The lowest BCUT2D eigenvalue weighted by atomic mass is 9.95. The van der Waals surface area contributed by atoms with Crippen LogP contribution in [0.15, 0.2) is 48.0 Å². The van der Waals surface area contributed by atoms with Gasteiger partial charge in [0.15, 0.2) is 11.5 Å². The summed E-state index contributed by atoms with van der Waals surface area (Å²) >= 11 is 5.91. The minimum Gasteiger partial charge on any atom is -0.507 e. The molecule has 2 N–H and O–H groups in total. The zero-order valence-corrected chi connectivity index (χ0v) is 17.5. The smallest absolute Gasteiger partial charge is 0.295 e. The highest BCUT2D eigenvalue weighted by Gasteiger charge is 2.46. The quantitative estimate of drug-likeness (QED) is 0.414. The van der Waals surface area contributed by atoms with Crippen molar-refractivity contribution in [2.24, 2.45) is 0 Å². The molecule has 0 radical (unpaired) electrons. The number of halogens is 1. The zero-order chi connectivity index (χ0) is 22.0. The Balaban J connectivity index is 2.21. The Morgan fingerprint density at radius 2 is 1.73 bits per heavy atom. The Kier molecular flexibility index (Phi) is 6.34.